The molecule has 0 aliphatic carbocycles. The second-order valence-corrected chi connectivity index (χ2v) is 6.66. The Labute approximate surface area is 149 Å². The van der Waals surface area contributed by atoms with Crippen LogP contribution < -0.4 is 10.1 Å². The van der Waals surface area contributed by atoms with Gasteiger partial charge in [-0.2, -0.15) is 0 Å². The van der Waals surface area contributed by atoms with Gasteiger partial charge in [-0.05, 0) is 49.6 Å². The lowest BCUT2D eigenvalue weighted by Gasteiger charge is -2.32. The highest BCUT2D eigenvalue weighted by atomic mass is 16.5. The fraction of sp³-hybridized carbons (Fsp3) is 0.381. The molecule has 4 heteroatoms. The summed E-state index contributed by atoms with van der Waals surface area (Å²) in [5.41, 5.74) is 3.32. The summed E-state index contributed by atoms with van der Waals surface area (Å²) in [6, 6.07) is 16.5. The highest BCUT2D eigenvalue weighted by Crippen LogP contribution is 2.17. The summed E-state index contributed by atoms with van der Waals surface area (Å²) in [4.78, 5) is 14.5. The highest BCUT2D eigenvalue weighted by Gasteiger charge is 2.23. The Morgan fingerprint density at radius 3 is 2.32 bits per heavy atom. The van der Waals surface area contributed by atoms with E-state index in [2.05, 4.69) is 36.5 Å². The summed E-state index contributed by atoms with van der Waals surface area (Å²) < 4.78 is 5.15. The minimum absolute atomic E-state index is 0.111. The second kappa shape index (κ2) is 8.17. The number of ether oxygens (including phenoxy) is 1. The van der Waals surface area contributed by atoms with Crippen molar-refractivity contribution in [3.05, 3.63) is 65.2 Å². The maximum Gasteiger partial charge on any atom is 0.253 e. The molecule has 1 heterocycles. The molecule has 0 radical (unpaired) electrons. The fourth-order valence-corrected chi connectivity index (χ4v) is 3.17. The number of piperidine rings is 1. The Kier molecular flexibility index (Phi) is 5.71. The fourth-order valence-electron chi connectivity index (χ4n) is 3.17. The van der Waals surface area contributed by atoms with Crippen molar-refractivity contribution in [2.24, 2.45) is 0 Å². The van der Waals surface area contributed by atoms with Crippen molar-refractivity contribution in [1.82, 2.24) is 10.2 Å². The molecule has 4 nitrogen and oxygen atoms in total. The van der Waals surface area contributed by atoms with Gasteiger partial charge in [-0.15, -0.1) is 0 Å². The lowest BCUT2D eigenvalue weighted by atomic mass is 10.0. The van der Waals surface area contributed by atoms with Crippen molar-refractivity contribution in [2.75, 3.05) is 20.2 Å². The minimum Gasteiger partial charge on any atom is -0.497 e. The number of amides is 1. The van der Waals surface area contributed by atoms with Crippen LogP contribution >= 0.6 is 0 Å². The largest absolute Gasteiger partial charge is 0.497 e. The first kappa shape index (κ1) is 17.5. The van der Waals surface area contributed by atoms with Crippen molar-refractivity contribution < 1.29 is 9.53 Å². The lowest BCUT2D eigenvalue weighted by Crippen LogP contribution is -2.44. The van der Waals surface area contributed by atoms with Crippen molar-refractivity contribution in [1.29, 1.82) is 0 Å². The molecule has 1 aliphatic heterocycles. The van der Waals surface area contributed by atoms with Gasteiger partial charge in [-0.1, -0.05) is 29.8 Å². The Morgan fingerprint density at radius 2 is 1.72 bits per heavy atom. The van der Waals surface area contributed by atoms with Gasteiger partial charge in [0.15, 0.2) is 0 Å². The number of aryl methyl sites for hydroxylation is 1. The molecule has 1 aliphatic rings. The van der Waals surface area contributed by atoms with E-state index in [0.717, 1.165) is 43.8 Å². The van der Waals surface area contributed by atoms with Gasteiger partial charge in [0, 0.05) is 31.2 Å². The maximum absolute atomic E-state index is 12.6. The lowest BCUT2D eigenvalue weighted by molar-refractivity contribution is 0.0704. The van der Waals surface area contributed by atoms with E-state index in [1.165, 1.54) is 11.1 Å². The number of nitrogens with zero attached hydrogens (tertiary/aromatic N) is 1. The standard InChI is InChI=1S/C21H26N2O2/c1-16-3-5-17(6-4-16)15-22-19-11-13-23(14-12-19)21(24)18-7-9-20(25-2)10-8-18/h3-10,19,22H,11-15H2,1-2H3. The van der Waals surface area contributed by atoms with Crippen LogP contribution in [0.4, 0.5) is 0 Å². The Balaban J connectivity index is 1.47. The molecule has 0 atom stereocenters. The average Bonchev–Trinajstić information content (AvgIpc) is 2.67. The van der Waals surface area contributed by atoms with E-state index in [4.69, 9.17) is 4.74 Å². The number of carbonyl (C=O) groups is 1. The molecule has 1 saturated heterocycles. The minimum atomic E-state index is 0.111. The molecule has 0 unspecified atom stereocenters. The van der Waals surface area contributed by atoms with E-state index in [0.29, 0.717) is 6.04 Å². The molecule has 1 N–H and O–H groups in total. The Morgan fingerprint density at radius 1 is 1.08 bits per heavy atom. The van der Waals surface area contributed by atoms with Crippen LogP contribution in [0.2, 0.25) is 0 Å². The SMILES string of the molecule is COc1ccc(C(=O)N2CCC(NCc3ccc(C)cc3)CC2)cc1. The topological polar surface area (TPSA) is 41.6 Å². The number of hydrogen-bond acceptors (Lipinski definition) is 3. The molecule has 25 heavy (non-hydrogen) atoms. The number of nitrogens with one attached hydrogen (secondary N) is 1. The van der Waals surface area contributed by atoms with Crippen LogP contribution in [0.25, 0.3) is 0 Å². The van der Waals surface area contributed by atoms with Crippen molar-refractivity contribution in [3.8, 4) is 5.75 Å². The van der Waals surface area contributed by atoms with Crippen LogP contribution in [0.5, 0.6) is 5.75 Å². The summed E-state index contributed by atoms with van der Waals surface area (Å²) in [6.07, 6.45) is 1.99. The molecule has 3 rings (SSSR count). The highest BCUT2D eigenvalue weighted by molar-refractivity contribution is 5.94. The molecule has 0 spiro atoms. The normalized spacial score (nSPS) is 15.2. The molecular weight excluding hydrogens is 312 g/mol. The zero-order valence-electron chi connectivity index (χ0n) is 15.0. The first-order valence-corrected chi connectivity index (χ1v) is 8.88. The van der Waals surface area contributed by atoms with Crippen molar-refractivity contribution in [3.63, 3.8) is 0 Å². The van der Waals surface area contributed by atoms with Crippen LogP contribution in [-0.4, -0.2) is 37.0 Å². The number of rotatable bonds is 5. The summed E-state index contributed by atoms with van der Waals surface area (Å²) in [6.45, 7) is 4.59. The van der Waals surface area contributed by atoms with Crippen LogP contribution in [0.15, 0.2) is 48.5 Å². The van der Waals surface area contributed by atoms with Gasteiger partial charge in [0.2, 0.25) is 0 Å². The molecule has 1 fully saturated rings. The maximum atomic E-state index is 12.6. The molecule has 132 valence electrons. The van der Waals surface area contributed by atoms with Gasteiger partial charge >= 0.3 is 0 Å². The second-order valence-electron chi connectivity index (χ2n) is 6.66. The molecule has 2 aromatic carbocycles. The smallest absolute Gasteiger partial charge is 0.253 e. The van der Waals surface area contributed by atoms with Crippen LogP contribution in [0, 0.1) is 6.92 Å². The van der Waals surface area contributed by atoms with E-state index < -0.39 is 0 Å². The van der Waals surface area contributed by atoms with Crippen molar-refractivity contribution >= 4 is 5.91 Å². The number of hydrogen-bond donors (Lipinski definition) is 1. The van der Waals surface area contributed by atoms with Crippen LogP contribution in [-0.2, 0) is 6.54 Å². The average molecular weight is 338 g/mol. The number of benzene rings is 2. The van der Waals surface area contributed by atoms with E-state index >= 15 is 0 Å². The van der Waals surface area contributed by atoms with Gasteiger partial charge in [-0.3, -0.25) is 4.79 Å². The molecule has 0 saturated carbocycles. The Hall–Kier alpha value is -2.33. The van der Waals surface area contributed by atoms with Gasteiger partial charge < -0.3 is 15.0 Å². The van der Waals surface area contributed by atoms with E-state index in [9.17, 15) is 4.79 Å². The zero-order valence-corrected chi connectivity index (χ0v) is 15.0. The quantitative estimate of drug-likeness (QED) is 0.908. The molecule has 0 bridgehead atoms. The van der Waals surface area contributed by atoms with Gasteiger partial charge in [0.25, 0.3) is 5.91 Å². The Bertz CT molecular complexity index is 687. The number of carbonyl (C=O) groups excluding carboxylic acids is 1. The summed E-state index contributed by atoms with van der Waals surface area (Å²) in [5.74, 6) is 0.884. The van der Waals surface area contributed by atoms with E-state index in [1.54, 1.807) is 7.11 Å². The summed E-state index contributed by atoms with van der Waals surface area (Å²) >= 11 is 0. The van der Waals surface area contributed by atoms with Crippen LogP contribution in [0.3, 0.4) is 0 Å². The predicted octanol–water partition coefficient (Wildman–Crippen LogP) is 3.40. The molecular formula is C21H26N2O2. The van der Waals surface area contributed by atoms with Gasteiger partial charge in [0.05, 0.1) is 7.11 Å². The van der Waals surface area contributed by atoms with E-state index in [-0.39, 0.29) is 5.91 Å². The summed E-state index contributed by atoms with van der Waals surface area (Å²) in [5, 5.41) is 3.62. The van der Waals surface area contributed by atoms with Crippen LogP contribution in [0.1, 0.15) is 34.3 Å². The third-order valence-corrected chi connectivity index (χ3v) is 4.83. The van der Waals surface area contributed by atoms with Gasteiger partial charge in [0.1, 0.15) is 5.75 Å². The molecule has 2 aromatic rings. The summed E-state index contributed by atoms with van der Waals surface area (Å²) in [7, 11) is 1.63. The van der Waals surface area contributed by atoms with Gasteiger partial charge in [-0.25, -0.2) is 0 Å². The zero-order chi connectivity index (χ0) is 17.6. The first-order valence-electron chi connectivity index (χ1n) is 8.88. The van der Waals surface area contributed by atoms with Crippen molar-refractivity contribution in [2.45, 2.75) is 32.4 Å². The first-order chi connectivity index (χ1) is 12.2. The predicted molar refractivity (Wildman–Crippen MR) is 99.9 cm³/mol. The molecule has 0 aromatic heterocycles. The monoisotopic (exact) mass is 338 g/mol. The number of likely N-dealkylation sites (tertiary alicyclic amines) is 1. The number of methoxy groups -OCH3 is 1. The molecule has 1 amide bonds. The third-order valence-electron chi connectivity index (χ3n) is 4.83. The third kappa shape index (κ3) is 4.60. The van der Waals surface area contributed by atoms with E-state index in [1.807, 2.05) is 29.2 Å².